The third-order valence-electron chi connectivity index (χ3n) is 1.90. The highest BCUT2D eigenvalue weighted by molar-refractivity contribution is 4.91. The molecular formula is C6H12FNO3. The second-order valence-corrected chi connectivity index (χ2v) is 2.69. The van der Waals surface area contributed by atoms with Gasteiger partial charge in [-0.05, 0) is 0 Å². The molecule has 0 saturated carbocycles. The Hall–Kier alpha value is -0.230. The quantitative estimate of drug-likeness (QED) is 0.363. The molecule has 0 radical (unpaired) electrons. The van der Waals surface area contributed by atoms with Crippen LogP contribution in [0.1, 0.15) is 0 Å². The zero-order valence-corrected chi connectivity index (χ0v) is 5.94. The monoisotopic (exact) mass is 165 g/mol. The molecule has 0 spiro atoms. The van der Waals surface area contributed by atoms with Gasteiger partial charge in [-0.3, -0.25) is 0 Å². The topological polar surface area (TPSA) is 72.7 Å². The highest BCUT2D eigenvalue weighted by Gasteiger charge is 2.36. The zero-order valence-electron chi connectivity index (χ0n) is 5.94. The van der Waals surface area contributed by atoms with Crippen molar-refractivity contribution in [1.82, 2.24) is 5.32 Å². The van der Waals surface area contributed by atoms with E-state index in [1.807, 2.05) is 0 Å². The van der Waals surface area contributed by atoms with Gasteiger partial charge in [0.05, 0.1) is 12.6 Å². The minimum Gasteiger partial charge on any atom is -0.395 e. The molecule has 4 atom stereocenters. The van der Waals surface area contributed by atoms with Gasteiger partial charge in [0.2, 0.25) is 0 Å². The Bertz CT molecular complexity index is 133. The SMILES string of the molecule is OC[C@@H]1NC[C@H](F)[C@@H](O)[C@@H]1O. The van der Waals surface area contributed by atoms with E-state index in [2.05, 4.69) is 5.32 Å². The van der Waals surface area contributed by atoms with Crippen molar-refractivity contribution in [2.75, 3.05) is 13.2 Å². The molecular weight excluding hydrogens is 153 g/mol. The number of nitrogens with one attached hydrogen (secondary N) is 1. The summed E-state index contributed by atoms with van der Waals surface area (Å²) in [7, 11) is 0. The Labute approximate surface area is 63.7 Å². The van der Waals surface area contributed by atoms with Gasteiger partial charge in [-0.2, -0.15) is 0 Å². The maximum absolute atomic E-state index is 12.6. The van der Waals surface area contributed by atoms with Crippen molar-refractivity contribution in [2.45, 2.75) is 24.4 Å². The summed E-state index contributed by atoms with van der Waals surface area (Å²) in [6.45, 7) is -0.325. The van der Waals surface area contributed by atoms with E-state index in [1.54, 1.807) is 0 Å². The molecule has 1 fully saturated rings. The molecule has 1 heterocycles. The second-order valence-electron chi connectivity index (χ2n) is 2.69. The van der Waals surface area contributed by atoms with Gasteiger partial charge >= 0.3 is 0 Å². The van der Waals surface area contributed by atoms with Crippen LogP contribution in [0.5, 0.6) is 0 Å². The highest BCUT2D eigenvalue weighted by Crippen LogP contribution is 2.12. The van der Waals surface area contributed by atoms with Crippen LogP contribution >= 0.6 is 0 Å². The van der Waals surface area contributed by atoms with E-state index >= 15 is 0 Å². The van der Waals surface area contributed by atoms with Gasteiger partial charge in [0.15, 0.2) is 0 Å². The molecule has 1 saturated heterocycles. The third kappa shape index (κ3) is 1.67. The van der Waals surface area contributed by atoms with Gasteiger partial charge in [0, 0.05) is 6.54 Å². The first-order chi connectivity index (χ1) is 5.16. The number of aliphatic hydroxyl groups is 3. The molecule has 0 amide bonds. The van der Waals surface area contributed by atoms with Gasteiger partial charge in [0.25, 0.3) is 0 Å². The van der Waals surface area contributed by atoms with Crippen LogP contribution in [0.4, 0.5) is 4.39 Å². The van der Waals surface area contributed by atoms with Crippen molar-refractivity contribution in [1.29, 1.82) is 0 Å². The molecule has 5 heteroatoms. The standard InChI is InChI=1S/C6H12FNO3/c7-3-1-8-4(2-9)6(11)5(3)10/h3-6,8-11H,1-2H2/t3-,4-,5+,6+/m0/s1. The Morgan fingerprint density at radius 2 is 2.00 bits per heavy atom. The van der Waals surface area contributed by atoms with Crippen LogP contribution in [-0.2, 0) is 0 Å². The third-order valence-corrected chi connectivity index (χ3v) is 1.90. The predicted octanol–water partition coefficient (Wildman–Crippen LogP) is -1.99. The number of piperidine rings is 1. The lowest BCUT2D eigenvalue weighted by Gasteiger charge is -2.33. The fraction of sp³-hybridized carbons (Fsp3) is 1.00. The van der Waals surface area contributed by atoms with Gasteiger partial charge in [-0.15, -0.1) is 0 Å². The molecule has 4 nitrogen and oxygen atoms in total. The number of alkyl halides is 1. The van der Waals surface area contributed by atoms with Crippen molar-refractivity contribution in [3.8, 4) is 0 Å². The van der Waals surface area contributed by atoms with Crippen LogP contribution in [0.25, 0.3) is 0 Å². The average molecular weight is 165 g/mol. The number of aliphatic hydroxyl groups excluding tert-OH is 3. The summed E-state index contributed by atoms with van der Waals surface area (Å²) in [5.74, 6) is 0. The molecule has 0 aromatic rings. The van der Waals surface area contributed by atoms with Crippen molar-refractivity contribution in [3.63, 3.8) is 0 Å². The largest absolute Gasteiger partial charge is 0.395 e. The lowest BCUT2D eigenvalue weighted by Crippen LogP contribution is -2.59. The van der Waals surface area contributed by atoms with Crippen molar-refractivity contribution >= 4 is 0 Å². The van der Waals surface area contributed by atoms with Crippen LogP contribution in [-0.4, -0.2) is 52.9 Å². The van der Waals surface area contributed by atoms with Crippen LogP contribution < -0.4 is 5.32 Å². The fourth-order valence-electron chi connectivity index (χ4n) is 1.13. The van der Waals surface area contributed by atoms with E-state index in [1.165, 1.54) is 0 Å². The molecule has 1 aliphatic rings. The molecule has 66 valence electrons. The van der Waals surface area contributed by atoms with Crippen molar-refractivity contribution in [2.24, 2.45) is 0 Å². The molecule has 0 bridgehead atoms. The zero-order chi connectivity index (χ0) is 8.43. The molecule has 0 aromatic heterocycles. The van der Waals surface area contributed by atoms with E-state index in [0.29, 0.717) is 0 Å². The predicted molar refractivity (Wildman–Crippen MR) is 35.8 cm³/mol. The van der Waals surface area contributed by atoms with Crippen molar-refractivity contribution in [3.05, 3.63) is 0 Å². The fourth-order valence-corrected chi connectivity index (χ4v) is 1.13. The summed E-state index contributed by atoms with van der Waals surface area (Å²) < 4.78 is 12.6. The van der Waals surface area contributed by atoms with Crippen molar-refractivity contribution < 1.29 is 19.7 Å². The lowest BCUT2D eigenvalue weighted by molar-refractivity contribution is -0.0762. The second kappa shape index (κ2) is 3.44. The maximum atomic E-state index is 12.6. The smallest absolute Gasteiger partial charge is 0.141 e. The molecule has 0 unspecified atom stereocenters. The molecule has 0 aliphatic carbocycles. The number of halogens is 1. The summed E-state index contributed by atoms with van der Waals surface area (Å²) in [5, 5.41) is 29.2. The molecule has 4 N–H and O–H groups in total. The van der Waals surface area contributed by atoms with Gasteiger partial charge < -0.3 is 20.6 Å². The summed E-state index contributed by atoms with van der Waals surface area (Å²) >= 11 is 0. The average Bonchev–Trinajstić information content (AvgIpc) is 2.01. The molecule has 1 aliphatic heterocycles. The van der Waals surface area contributed by atoms with Crippen LogP contribution in [0.15, 0.2) is 0 Å². The van der Waals surface area contributed by atoms with Gasteiger partial charge in [0.1, 0.15) is 18.4 Å². The summed E-state index contributed by atoms with van der Waals surface area (Å²) in [6, 6.07) is -0.614. The van der Waals surface area contributed by atoms with Gasteiger partial charge in [-0.1, -0.05) is 0 Å². The first kappa shape index (κ1) is 8.86. The number of hydrogen-bond acceptors (Lipinski definition) is 4. The van der Waals surface area contributed by atoms with E-state index in [0.717, 1.165) is 0 Å². The minimum atomic E-state index is -1.45. The van der Waals surface area contributed by atoms with Crippen LogP contribution in [0, 0.1) is 0 Å². The Kier molecular flexibility index (Phi) is 2.78. The summed E-state index contributed by atoms with van der Waals surface area (Å²) in [6.07, 6.45) is -4.05. The summed E-state index contributed by atoms with van der Waals surface area (Å²) in [4.78, 5) is 0. The Balaban J connectivity index is 2.52. The highest BCUT2D eigenvalue weighted by atomic mass is 19.1. The van der Waals surface area contributed by atoms with Gasteiger partial charge in [-0.25, -0.2) is 4.39 Å². The minimum absolute atomic E-state index is 0.0244. The van der Waals surface area contributed by atoms with E-state index in [4.69, 9.17) is 15.3 Å². The first-order valence-corrected chi connectivity index (χ1v) is 3.51. The molecule has 11 heavy (non-hydrogen) atoms. The normalized spacial score (nSPS) is 45.8. The maximum Gasteiger partial charge on any atom is 0.141 e. The molecule has 1 rings (SSSR count). The van der Waals surface area contributed by atoms with Crippen LogP contribution in [0.3, 0.4) is 0 Å². The van der Waals surface area contributed by atoms with E-state index in [9.17, 15) is 4.39 Å². The molecule has 0 aromatic carbocycles. The Morgan fingerprint density at radius 1 is 1.36 bits per heavy atom. The first-order valence-electron chi connectivity index (χ1n) is 3.51. The van der Waals surface area contributed by atoms with E-state index in [-0.39, 0.29) is 13.2 Å². The summed E-state index contributed by atoms with van der Waals surface area (Å²) in [5.41, 5.74) is 0. The number of rotatable bonds is 1. The lowest BCUT2D eigenvalue weighted by atomic mass is 9.98. The Morgan fingerprint density at radius 3 is 2.55 bits per heavy atom. The van der Waals surface area contributed by atoms with E-state index < -0.39 is 24.4 Å². The number of hydrogen-bond donors (Lipinski definition) is 4. The van der Waals surface area contributed by atoms with Crippen LogP contribution in [0.2, 0.25) is 0 Å².